The maximum absolute atomic E-state index is 11.3. The van der Waals surface area contributed by atoms with E-state index < -0.39 is 5.91 Å². The number of amides is 1. The second-order valence-corrected chi connectivity index (χ2v) is 4.66. The van der Waals surface area contributed by atoms with Crippen LogP contribution >= 0.6 is 0 Å². The summed E-state index contributed by atoms with van der Waals surface area (Å²) in [7, 11) is 0. The zero-order valence-corrected chi connectivity index (χ0v) is 9.91. The van der Waals surface area contributed by atoms with Crippen molar-refractivity contribution >= 4 is 5.91 Å². The van der Waals surface area contributed by atoms with Gasteiger partial charge in [-0.1, -0.05) is 6.07 Å². The third-order valence-corrected chi connectivity index (χ3v) is 3.13. The zero-order chi connectivity index (χ0) is 12.5. The van der Waals surface area contributed by atoms with Gasteiger partial charge in [-0.15, -0.1) is 0 Å². The Morgan fingerprint density at radius 2 is 2.33 bits per heavy atom. The fraction of sp³-hybridized carbons (Fsp3) is 0.308. The number of nitrogens with zero attached hydrogens (tertiary/aromatic N) is 3. The summed E-state index contributed by atoms with van der Waals surface area (Å²) in [6, 6.07) is 3.63. The topological polar surface area (TPSA) is 73.8 Å². The Hall–Kier alpha value is -2.17. The van der Waals surface area contributed by atoms with Crippen molar-refractivity contribution in [3.8, 4) is 11.1 Å². The summed E-state index contributed by atoms with van der Waals surface area (Å²) in [4.78, 5) is 15.3. The summed E-state index contributed by atoms with van der Waals surface area (Å²) < 4.78 is 1.92. The molecule has 1 saturated carbocycles. The minimum Gasteiger partial charge on any atom is -0.364 e. The molecule has 0 spiro atoms. The number of primary amides is 1. The Morgan fingerprint density at radius 1 is 1.50 bits per heavy atom. The normalized spacial score (nSPS) is 14.7. The number of pyridine rings is 1. The molecule has 0 aromatic carbocycles. The van der Waals surface area contributed by atoms with E-state index >= 15 is 0 Å². The SMILES string of the molecule is NC(=O)c1ncccc1-c1cnn(CC2CC2)c1. The summed E-state index contributed by atoms with van der Waals surface area (Å²) in [5, 5.41) is 4.31. The molecule has 0 radical (unpaired) electrons. The molecule has 5 heteroatoms. The van der Waals surface area contributed by atoms with Crippen LogP contribution in [0.2, 0.25) is 0 Å². The van der Waals surface area contributed by atoms with Crippen LogP contribution in [0, 0.1) is 5.92 Å². The number of rotatable bonds is 4. The molecular formula is C13H14N4O. The second kappa shape index (κ2) is 4.25. The van der Waals surface area contributed by atoms with Crippen LogP contribution in [0.3, 0.4) is 0 Å². The van der Waals surface area contributed by atoms with E-state index in [9.17, 15) is 4.79 Å². The lowest BCUT2D eigenvalue weighted by Gasteiger charge is -2.02. The van der Waals surface area contributed by atoms with Gasteiger partial charge in [-0.2, -0.15) is 5.10 Å². The Morgan fingerprint density at radius 3 is 3.06 bits per heavy atom. The molecule has 2 aromatic rings. The Labute approximate surface area is 105 Å². The number of carbonyl (C=O) groups is 1. The van der Waals surface area contributed by atoms with Crippen LogP contribution in [0.15, 0.2) is 30.7 Å². The van der Waals surface area contributed by atoms with Crippen LogP contribution in [0.4, 0.5) is 0 Å². The zero-order valence-electron chi connectivity index (χ0n) is 9.91. The molecule has 0 saturated heterocycles. The maximum Gasteiger partial charge on any atom is 0.267 e. The van der Waals surface area contributed by atoms with Crippen molar-refractivity contribution in [3.05, 3.63) is 36.4 Å². The lowest BCUT2D eigenvalue weighted by Crippen LogP contribution is -2.14. The van der Waals surface area contributed by atoms with Gasteiger partial charge in [0.1, 0.15) is 5.69 Å². The molecule has 1 amide bonds. The molecule has 0 unspecified atom stereocenters. The molecule has 1 aliphatic carbocycles. The van der Waals surface area contributed by atoms with Gasteiger partial charge < -0.3 is 5.73 Å². The molecule has 0 aliphatic heterocycles. The first-order chi connectivity index (χ1) is 8.74. The van der Waals surface area contributed by atoms with E-state index in [0.29, 0.717) is 5.69 Å². The summed E-state index contributed by atoms with van der Waals surface area (Å²) in [5.74, 6) is 0.253. The predicted octanol–water partition coefficient (Wildman–Crippen LogP) is 1.45. The average Bonchev–Trinajstić information content (AvgIpc) is 3.05. The van der Waals surface area contributed by atoms with Crippen molar-refractivity contribution in [2.24, 2.45) is 11.7 Å². The molecule has 0 atom stereocenters. The molecule has 18 heavy (non-hydrogen) atoms. The van der Waals surface area contributed by atoms with Crippen LogP contribution in [-0.2, 0) is 6.54 Å². The molecule has 5 nitrogen and oxygen atoms in total. The van der Waals surface area contributed by atoms with Gasteiger partial charge in [-0.3, -0.25) is 14.5 Å². The number of hydrogen-bond acceptors (Lipinski definition) is 3. The van der Waals surface area contributed by atoms with Gasteiger partial charge in [-0.25, -0.2) is 0 Å². The van der Waals surface area contributed by atoms with Crippen LogP contribution < -0.4 is 5.73 Å². The minimum atomic E-state index is -0.513. The van der Waals surface area contributed by atoms with Gasteiger partial charge >= 0.3 is 0 Å². The van der Waals surface area contributed by atoms with Gasteiger partial charge in [0.05, 0.1) is 6.20 Å². The van der Waals surface area contributed by atoms with Crippen LogP contribution in [0.1, 0.15) is 23.3 Å². The van der Waals surface area contributed by atoms with E-state index in [1.54, 1.807) is 18.5 Å². The van der Waals surface area contributed by atoms with Crippen LogP contribution in [0.25, 0.3) is 11.1 Å². The van der Waals surface area contributed by atoms with Crippen molar-refractivity contribution in [3.63, 3.8) is 0 Å². The molecule has 2 N–H and O–H groups in total. The van der Waals surface area contributed by atoms with Gasteiger partial charge in [0.2, 0.25) is 0 Å². The quantitative estimate of drug-likeness (QED) is 0.881. The lowest BCUT2D eigenvalue weighted by molar-refractivity contribution is 0.0996. The van der Waals surface area contributed by atoms with E-state index in [1.165, 1.54) is 12.8 Å². The summed E-state index contributed by atoms with van der Waals surface area (Å²) in [6.07, 6.45) is 7.84. The van der Waals surface area contributed by atoms with E-state index in [1.807, 2.05) is 16.9 Å². The molecule has 1 aliphatic rings. The van der Waals surface area contributed by atoms with Crippen LogP contribution in [0.5, 0.6) is 0 Å². The number of nitrogens with two attached hydrogens (primary N) is 1. The second-order valence-electron chi connectivity index (χ2n) is 4.66. The first-order valence-electron chi connectivity index (χ1n) is 6.01. The molecule has 2 heterocycles. The molecule has 3 rings (SSSR count). The highest BCUT2D eigenvalue weighted by atomic mass is 16.1. The fourth-order valence-electron chi connectivity index (χ4n) is 2.00. The van der Waals surface area contributed by atoms with Crippen molar-refractivity contribution in [1.82, 2.24) is 14.8 Å². The van der Waals surface area contributed by atoms with Crippen molar-refractivity contribution in [1.29, 1.82) is 0 Å². The fourth-order valence-corrected chi connectivity index (χ4v) is 2.00. The lowest BCUT2D eigenvalue weighted by atomic mass is 10.1. The Kier molecular flexibility index (Phi) is 2.59. The van der Waals surface area contributed by atoms with Gasteiger partial charge in [0.15, 0.2) is 0 Å². The first kappa shape index (κ1) is 11.0. The van der Waals surface area contributed by atoms with Crippen LogP contribution in [-0.4, -0.2) is 20.7 Å². The molecular weight excluding hydrogens is 228 g/mol. The van der Waals surface area contributed by atoms with E-state index in [-0.39, 0.29) is 0 Å². The van der Waals surface area contributed by atoms with Crippen molar-refractivity contribution in [2.75, 3.05) is 0 Å². The summed E-state index contributed by atoms with van der Waals surface area (Å²) >= 11 is 0. The highest BCUT2D eigenvalue weighted by molar-refractivity contribution is 5.97. The highest BCUT2D eigenvalue weighted by Crippen LogP contribution is 2.31. The summed E-state index contributed by atoms with van der Waals surface area (Å²) in [5.41, 5.74) is 7.24. The molecule has 2 aromatic heterocycles. The largest absolute Gasteiger partial charge is 0.364 e. The van der Waals surface area contributed by atoms with Crippen molar-refractivity contribution in [2.45, 2.75) is 19.4 Å². The minimum absolute atomic E-state index is 0.295. The Bertz CT molecular complexity index is 586. The van der Waals surface area contributed by atoms with Gasteiger partial charge in [0, 0.05) is 30.1 Å². The standard InChI is InChI=1S/C13H14N4O/c14-13(18)12-11(2-1-5-15-12)10-6-16-17(8-10)7-9-3-4-9/h1-2,5-6,8-9H,3-4,7H2,(H2,14,18). The van der Waals surface area contributed by atoms with E-state index in [2.05, 4.69) is 10.1 Å². The predicted molar refractivity (Wildman–Crippen MR) is 66.7 cm³/mol. The molecule has 1 fully saturated rings. The average molecular weight is 242 g/mol. The third kappa shape index (κ3) is 2.11. The van der Waals surface area contributed by atoms with Crippen molar-refractivity contribution < 1.29 is 4.79 Å². The molecule has 0 bridgehead atoms. The van der Waals surface area contributed by atoms with Gasteiger partial charge in [-0.05, 0) is 24.8 Å². The monoisotopic (exact) mass is 242 g/mol. The first-order valence-corrected chi connectivity index (χ1v) is 6.01. The third-order valence-electron chi connectivity index (χ3n) is 3.13. The smallest absolute Gasteiger partial charge is 0.267 e. The Balaban J connectivity index is 1.93. The van der Waals surface area contributed by atoms with E-state index in [0.717, 1.165) is 23.6 Å². The van der Waals surface area contributed by atoms with Gasteiger partial charge in [0.25, 0.3) is 5.91 Å². The molecule has 92 valence electrons. The number of hydrogen-bond donors (Lipinski definition) is 1. The van der Waals surface area contributed by atoms with E-state index in [4.69, 9.17) is 5.73 Å². The summed E-state index contributed by atoms with van der Waals surface area (Å²) in [6.45, 7) is 0.951. The number of aromatic nitrogens is 3. The maximum atomic E-state index is 11.3. The number of carbonyl (C=O) groups excluding carboxylic acids is 1. The highest BCUT2D eigenvalue weighted by Gasteiger charge is 2.22.